The monoisotopic (exact) mass is 277 g/mol. The van der Waals surface area contributed by atoms with Crippen molar-refractivity contribution in [2.45, 2.75) is 25.2 Å². The number of aliphatic hydroxyl groups excluding tert-OH is 1. The van der Waals surface area contributed by atoms with Gasteiger partial charge >= 0.3 is 5.97 Å². The van der Waals surface area contributed by atoms with Crippen molar-refractivity contribution in [2.24, 2.45) is 5.41 Å². The van der Waals surface area contributed by atoms with Gasteiger partial charge in [-0.25, -0.2) is 0 Å². The van der Waals surface area contributed by atoms with Gasteiger partial charge in [0.2, 0.25) is 0 Å². The summed E-state index contributed by atoms with van der Waals surface area (Å²) in [5.74, 6) is -0.484. The van der Waals surface area contributed by atoms with Crippen molar-refractivity contribution in [2.75, 3.05) is 26.8 Å². The van der Waals surface area contributed by atoms with Crippen molar-refractivity contribution in [1.82, 2.24) is 5.32 Å². The molecule has 0 spiro atoms. The first kappa shape index (κ1) is 15.0. The van der Waals surface area contributed by atoms with E-state index in [4.69, 9.17) is 9.84 Å². The fourth-order valence-corrected chi connectivity index (χ4v) is 2.58. The van der Waals surface area contributed by atoms with E-state index in [2.05, 4.69) is 5.32 Å². The second kappa shape index (κ2) is 6.86. The molecule has 4 heteroatoms. The van der Waals surface area contributed by atoms with E-state index >= 15 is 0 Å². The maximum Gasteiger partial charge on any atom is 0.314 e. The van der Waals surface area contributed by atoms with Crippen LogP contribution in [0.5, 0.6) is 0 Å². The van der Waals surface area contributed by atoms with Crippen LogP contribution in [-0.4, -0.2) is 37.9 Å². The second-order valence-electron chi connectivity index (χ2n) is 5.59. The molecule has 2 N–H and O–H groups in total. The third-order valence-electron chi connectivity index (χ3n) is 4.14. The molecule has 0 radical (unpaired) electrons. The maximum atomic E-state index is 11.9. The van der Waals surface area contributed by atoms with Gasteiger partial charge in [-0.3, -0.25) is 4.79 Å². The Labute approximate surface area is 120 Å². The molecule has 1 atom stereocenters. The first-order valence-corrected chi connectivity index (χ1v) is 7.15. The molecule has 1 unspecified atom stereocenters. The molecule has 4 nitrogen and oxygen atoms in total. The average molecular weight is 277 g/mol. The summed E-state index contributed by atoms with van der Waals surface area (Å²) in [4.78, 5) is 11.9. The minimum absolute atomic E-state index is 0.212. The highest BCUT2D eigenvalue weighted by Crippen LogP contribution is 2.47. The van der Waals surface area contributed by atoms with E-state index in [-0.39, 0.29) is 23.9 Å². The van der Waals surface area contributed by atoms with E-state index in [1.165, 1.54) is 7.11 Å². The zero-order valence-electron chi connectivity index (χ0n) is 12.0. The molecule has 0 saturated heterocycles. The number of ether oxygens (including phenoxy) is 1. The summed E-state index contributed by atoms with van der Waals surface area (Å²) >= 11 is 0. The van der Waals surface area contributed by atoms with Crippen LogP contribution in [0.1, 0.15) is 30.7 Å². The van der Waals surface area contributed by atoms with Gasteiger partial charge in [0.05, 0.1) is 13.0 Å². The molecule has 110 valence electrons. The van der Waals surface area contributed by atoms with Crippen LogP contribution in [0.15, 0.2) is 30.3 Å². The Bertz CT molecular complexity index is 429. The van der Waals surface area contributed by atoms with Crippen LogP contribution in [0.2, 0.25) is 0 Å². The second-order valence-corrected chi connectivity index (χ2v) is 5.59. The quantitative estimate of drug-likeness (QED) is 0.710. The molecule has 1 aliphatic rings. The molecular weight excluding hydrogens is 254 g/mol. The van der Waals surface area contributed by atoms with Gasteiger partial charge in [0.25, 0.3) is 0 Å². The molecule has 1 saturated carbocycles. The van der Waals surface area contributed by atoms with E-state index in [0.717, 1.165) is 31.4 Å². The summed E-state index contributed by atoms with van der Waals surface area (Å²) < 4.78 is 4.89. The first-order valence-electron chi connectivity index (χ1n) is 7.15. The number of rotatable bonds is 8. The summed E-state index contributed by atoms with van der Waals surface area (Å²) in [6, 6.07) is 9.69. The maximum absolute atomic E-state index is 11.9. The van der Waals surface area contributed by atoms with Gasteiger partial charge in [-0.05, 0) is 30.2 Å². The van der Waals surface area contributed by atoms with Crippen molar-refractivity contribution in [1.29, 1.82) is 0 Å². The lowest BCUT2D eigenvalue weighted by Gasteiger charge is -2.19. The van der Waals surface area contributed by atoms with E-state index in [9.17, 15) is 4.79 Å². The van der Waals surface area contributed by atoms with Gasteiger partial charge < -0.3 is 15.2 Å². The largest absolute Gasteiger partial charge is 0.469 e. The summed E-state index contributed by atoms with van der Waals surface area (Å²) in [6.45, 7) is 1.67. The van der Waals surface area contributed by atoms with Crippen LogP contribution < -0.4 is 5.32 Å². The number of carbonyl (C=O) groups is 1. The molecule has 1 aromatic rings. The van der Waals surface area contributed by atoms with Crippen molar-refractivity contribution in [3.63, 3.8) is 0 Å². The van der Waals surface area contributed by atoms with Crippen molar-refractivity contribution in [3.8, 4) is 0 Å². The number of benzene rings is 1. The normalized spacial score (nSPS) is 17.5. The SMILES string of the molecule is COC(=O)C(CNCC1(CCO)CC1)c1ccccc1. The molecule has 0 heterocycles. The number of hydrogen-bond donors (Lipinski definition) is 2. The molecule has 0 aromatic heterocycles. The van der Waals surface area contributed by atoms with Crippen molar-refractivity contribution < 1.29 is 14.6 Å². The first-order chi connectivity index (χ1) is 9.71. The smallest absolute Gasteiger partial charge is 0.314 e. The van der Waals surface area contributed by atoms with Gasteiger partial charge in [0.15, 0.2) is 0 Å². The van der Waals surface area contributed by atoms with Crippen LogP contribution in [-0.2, 0) is 9.53 Å². The van der Waals surface area contributed by atoms with Crippen LogP contribution in [0.3, 0.4) is 0 Å². The molecule has 1 fully saturated rings. The number of nitrogens with one attached hydrogen (secondary N) is 1. The zero-order chi connectivity index (χ0) is 14.4. The molecule has 1 aliphatic carbocycles. The Morgan fingerprint density at radius 1 is 1.40 bits per heavy atom. The van der Waals surface area contributed by atoms with Gasteiger partial charge in [0.1, 0.15) is 0 Å². The van der Waals surface area contributed by atoms with Crippen LogP contribution in [0.25, 0.3) is 0 Å². The predicted molar refractivity (Wildman–Crippen MR) is 77.4 cm³/mol. The van der Waals surface area contributed by atoms with Crippen LogP contribution >= 0.6 is 0 Å². The van der Waals surface area contributed by atoms with Crippen LogP contribution in [0.4, 0.5) is 0 Å². The number of hydrogen-bond acceptors (Lipinski definition) is 4. The van der Waals surface area contributed by atoms with Crippen LogP contribution in [0, 0.1) is 5.41 Å². The number of esters is 1. The molecule has 2 rings (SSSR count). The molecular formula is C16H23NO3. The highest BCUT2D eigenvalue weighted by molar-refractivity contribution is 5.78. The van der Waals surface area contributed by atoms with E-state index < -0.39 is 0 Å². The number of methoxy groups -OCH3 is 1. The lowest BCUT2D eigenvalue weighted by atomic mass is 9.98. The lowest BCUT2D eigenvalue weighted by Crippen LogP contribution is -2.32. The lowest BCUT2D eigenvalue weighted by molar-refractivity contribution is -0.142. The minimum Gasteiger partial charge on any atom is -0.469 e. The highest BCUT2D eigenvalue weighted by atomic mass is 16.5. The minimum atomic E-state index is -0.272. The third-order valence-corrected chi connectivity index (χ3v) is 4.14. The molecule has 0 amide bonds. The van der Waals surface area contributed by atoms with E-state index in [1.807, 2.05) is 30.3 Å². The zero-order valence-corrected chi connectivity index (χ0v) is 12.0. The van der Waals surface area contributed by atoms with E-state index in [1.54, 1.807) is 0 Å². The topological polar surface area (TPSA) is 58.6 Å². The summed E-state index contributed by atoms with van der Waals surface area (Å²) in [7, 11) is 1.42. The Kier molecular flexibility index (Phi) is 5.15. The number of carbonyl (C=O) groups excluding carboxylic acids is 1. The molecule has 20 heavy (non-hydrogen) atoms. The standard InChI is InChI=1S/C16H23NO3/c1-20-15(19)14(13-5-3-2-4-6-13)11-17-12-16(7-8-16)9-10-18/h2-6,14,17-18H,7-12H2,1H3. The molecule has 0 bridgehead atoms. The van der Waals surface area contributed by atoms with Crippen molar-refractivity contribution >= 4 is 5.97 Å². The van der Waals surface area contributed by atoms with Gasteiger partial charge in [-0.1, -0.05) is 30.3 Å². The third kappa shape index (κ3) is 3.81. The molecule has 0 aliphatic heterocycles. The van der Waals surface area contributed by atoms with Crippen molar-refractivity contribution in [3.05, 3.63) is 35.9 Å². The Morgan fingerprint density at radius 3 is 2.65 bits per heavy atom. The summed E-state index contributed by atoms with van der Waals surface area (Å²) in [5.41, 5.74) is 1.23. The summed E-state index contributed by atoms with van der Waals surface area (Å²) in [6.07, 6.45) is 3.16. The average Bonchev–Trinajstić information content (AvgIpc) is 3.24. The predicted octanol–water partition coefficient (Wildman–Crippen LogP) is 1.70. The van der Waals surface area contributed by atoms with Gasteiger partial charge in [0, 0.05) is 19.7 Å². The molecule has 1 aromatic carbocycles. The van der Waals surface area contributed by atoms with Gasteiger partial charge in [-0.15, -0.1) is 0 Å². The Balaban J connectivity index is 1.90. The summed E-state index contributed by atoms with van der Waals surface area (Å²) in [5, 5.41) is 12.4. The van der Waals surface area contributed by atoms with Gasteiger partial charge in [-0.2, -0.15) is 0 Å². The number of aliphatic hydroxyl groups is 1. The Morgan fingerprint density at radius 2 is 2.10 bits per heavy atom. The fourth-order valence-electron chi connectivity index (χ4n) is 2.58. The Hall–Kier alpha value is -1.39. The van der Waals surface area contributed by atoms with E-state index in [0.29, 0.717) is 6.54 Å². The fraction of sp³-hybridized carbons (Fsp3) is 0.562. The highest BCUT2D eigenvalue weighted by Gasteiger charge is 2.41.